The van der Waals surface area contributed by atoms with E-state index < -0.39 is 0 Å². The summed E-state index contributed by atoms with van der Waals surface area (Å²) in [6, 6.07) is 0. The first-order valence-electron chi connectivity index (χ1n) is 3.86. The quantitative estimate of drug-likeness (QED) is 0.579. The number of hydrogen-bond donors (Lipinski definition) is 1. The molecule has 1 saturated carbocycles. The molecule has 11 heavy (non-hydrogen) atoms. The SMILES string of the molecule is O=CC1CCC(O)CC1C=O. The number of aldehydes is 2. The van der Waals surface area contributed by atoms with Gasteiger partial charge in [0.1, 0.15) is 12.6 Å². The fourth-order valence-corrected chi connectivity index (χ4v) is 1.53. The average Bonchev–Trinajstić information content (AvgIpc) is 2.04. The standard InChI is InChI=1S/C8H12O3/c9-4-6-1-2-8(11)3-7(6)5-10/h4-8,11H,1-3H2. The van der Waals surface area contributed by atoms with E-state index in [1.807, 2.05) is 0 Å². The third-order valence-corrected chi connectivity index (χ3v) is 2.28. The minimum Gasteiger partial charge on any atom is -0.393 e. The van der Waals surface area contributed by atoms with Crippen molar-refractivity contribution < 1.29 is 14.7 Å². The maximum absolute atomic E-state index is 10.4. The van der Waals surface area contributed by atoms with Crippen LogP contribution in [0.3, 0.4) is 0 Å². The summed E-state index contributed by atoms with van der Waals surface area (Å²) in [4.78, 5) is 20.8. The molecule has 0 spiro atoms. The predicted molar refractivity (Wildman–Crippen MR) is 39.0 cm³/mol. The van der Waals surface area contributed by atoms with E-state index in [0.29, 0.717) is 19.3 Å². The Hall–Kier alpha value is -0.700. The van der Waals surface area contributed by atoms with Gasteiger partial charge in [-0.15, -0.1) is 0 Å². The van der Waals surface area contributed by atoms with Gasteiger partial charge in [-0.1, -0.05) is 0 Å². The van der Waals surface area contributed by atoms with Crippen LogP contribution < -0.4 is 0 Å². The molecule has 1 N–H and O–H groups in total. The maximum atomic E-state index is 10.4. The van der Waals surface area contributed by atoms with Crippen LogP contribution in [0.2, 0.25) is 0 Å². The number of rotatable bonds is 2. The van der Waals surface area contributed by atoms with Crippen LogP contribution in [-0.2, 0) is 9.59 Å². The first-order valence-corrected chi connectivity index (χ1v) is 3.86. The van der Waals surface area contributed by atoms with Gasteiger partial charge >= 0.3 is 0 Å². The first kappa shape index (κ1) is 8.40. The van der Waals surface area contributed by atoms with Crippen molar-refractivity contribution in [1.29, 1.82) is 0 Å². The van der Waals surface area contributed by atoms with Gasteiger partial charge in [-0.2, -0.15) is 0 Å². The zero-order valence-electron chi connectivity index (χ0n) is 6.27. The van der Waals surface area contributed by atoms with Gasteiger partial charge in [0.25, 0.3) is 0 Å². The molecule has 0 heterocycles. The smallest absolute Gasteiger partial charge is 0.123 e. The van der Waals surface area contributed by atoms with Crippen LogP contribution in [0.15, 0.2) is 0 Å². The van der Waals surface area contributed by atoms with Gasteiger partial charge < -0.3 is 14.7 Å². The van der Waals surface area contributed by atoms with Crippen LogP contribution in [0.4, 0.5) is 0 Å². The Labute approximate surface area is 65.4 Å². The predicted octanol–water partition coefficient (Wildman–Crippen LogP) is 0.161. The van der Waals surface area contributed by atoms with Crippen molar-refractivity contribution in [2.24, 2.45) is 11.8 Å². The fourth-order valence-electron chi connectivity index (χ4n) is 1.53. The second kappa shape index (κ2) is 3.62. The monoisotopic (exact) mass is 156 g/mol. The Kier molecular flexibility index (Phi) is 2.76. The summed E-state index contributed by atoms with van der Waals surface area (Å²) in [5.41, 5.74) is 0. The van der Waals surface area contributed by atoms with Gasteiger partial charge in [0.15, 0.2) is 0 Å². The molecule has 1 aliphatic carbocycles. The van der Waals surface area contributed by atoms with Crippen LogP contribution in [-0.4, -0.2) is 23.8 Å². The molecule has 0 radical (unpaired) electrons. The molecule has 0 saturated heterocycles. The molecule has 0 aromatic carbocycles. The third-order valence-electron chi connectivity index (χ3n) is 2.28. The highest BCUT2D eigenvalue weighted by Crippen LogP contribution is 2.27. The molecule has 62 valence electrons. The zero-order chi connectivity index (χ0) is 8.27. The number of aliphatic hydroxyl groups excluding tert-OH is 1. The average molecular weight is 156 g/mol. The molecular formula is C8H12O3. The minimum atomic E-state index is -0.388. The molecule has 3 nitrogen and oxygen atoms in total. The Balaban J connectivity index is 2.54. The van der Waals surface area contributed by atoms with Crippen molar-refractivity contribution in [1.82, 2.24) is 0 Å². The van der Waals surface area contributed by atoms with Crippen LogP contribution in [0.25, 0.3) is 0 Å². The van der Waals surface area contributed by atoms with E-state index in [9.17, 15) is 9.59 Å². The summed E-state index contributed by atoms with van der Waals surface area (Å²) >= 11 is 0. The molecule has 0 bridgehead atoms. The normalized spacial score (nSPS) is 38.1. The highest BCUT2D eigenvalue weighted by Gasteiger charge is 2.28. The zero-order valence-corrected chi connectivity index (χ0v) is 6.27. The number of aliphatic hydroxyl groups is 1. The Morgan fingerprint density at radius 2 is 1.73 bits per heavy atom. The van der Waals surface area contributed by atoms with Crippen LogP contribution >= 0.6 is 0 Å². The van der Waals surface area contributed by atoms with E-state index in [1.165, 1.54) is 0 Å². The van der Waals surface area contributed by atoms with Crippen molar-refractivity contribution in [3.8, 4) is 0 Å². The highest BCUT2D eigenvalue weighted by molar-refractivity contribution is 5.65. The molecule has 0 aliphatic heterocycles. The van der Waals surface area contributed by atoms with Crippen molar-refractivity contribution in [2.45, 2.75) is 25.4 Å². The molecule has 0 amide bonds. The van der Waals surface area contributed by atoms with E-state index in [4.69, 9.17) is 5.11 Å². The molecular weight excluding hydrogens is 144 g/mol. The van der Waals surface area contributed by atoms with E-state index in [0.717, 1.165) is 12.6 Å². The molecule has 1 rings (SSSR count). The largest absolute Gasteiger partial charge is 0.393 e. The van der Waals surface area contributed by atoms with Gasteiger partial charge in [-0.25, -0.2) is 0 Å². The van der Waals surface area contributed by atoms with Gasteiger partial charge in [0, 0.05) is 11.8 Å². The molecule has 3 atom stereocenters. The van der Waals surface area contributed by atoms with Gasteiger partial charge in [-0.05, 0) is 19.3 Å². The van der Waals surface area contributed by atoms with Crippen molar-refractivity contribution >= 4 is 12.6 Å². The number of carbonyl (C=O) groups is 2. The second-order valence-electron chi connectivity index (χ2n) is 3.07. The van der Waals surface area contributed by atoms with Crippen LogP contribution in [0, 0.1) is 11.8 Å². The summed E-state index contributed by atoms with van der Waals surface area (Å²) in [5.74, 6) is -0.410. The molecule has 1 fully saturated rings. The molecule has 3 unspecified atom stereocenters. The molecule has 0 aromatic heterocycles. The number of hydrogen-bond acceptors (Lipinski definition) is 3. The maximum Gasteiger partial charge on any atom is 0.123 e. The minimum absolute atomic E-state index is 0.157. The molecule has 0 aromatic rings. The van der Waals surface area contributed by atoms with E-state index in [1.54, 1.807) is 0 Å². The Morgan fingerprint density at radius 1 is 1.09 bits per heavy atom. The molecule has 1 aliphatic rings. The summed E-state index contributed by atoms with van der Waals surface area (Å²) in [7, 11) is 0. The summed E-state index contributed by atoms with van der Waals surface area (Å²) in [6.07, 6.45) is 2.96. The van der Waals surface area contributed by atoms with Crippen molar-refractivity contribution in [2.75, 3.05) is 0 Å². The van der Waals surface area contributed by atoms with E-state index in [2.05, 4.69) is 0 Å². The lowest BCUT2D eigenvalue weighted by molar-refractivity contribution is -0.122. The van der Waals surface area contributed by atoms with Crippen LogP contribution in [0.5, 0.6) is 0 Å². The highest BCUT2D eigenvalue weighted by atomic mass is 16.3. The van der Waals surface area contributed by atoms with Gasteiger partial charge in [-0.3, -0.25) is 0 Å². The Morgan fingerprint density at radius 3 is 2.27 bits per heavy atom. The van der Waals surface area contributed by atoms with Crippen molar-refractivity contribution in [3.05, 3.63) is 0 Å². The topological polar surface area (TPSA) is 54.4 Å². The lowest BCUT2D eigenvalue weighted by atomic mass is 9.80. The van der Waals surface area contributed by atoms with Crippen molar-refractivity contribution in [3.63, 3.8) is 0 Å². The number of carbonyl (C=O) groups excluding carboxylic acids is 2. The fraction of sp³-hybridized carbons (Fsp3) is 0.750. The van der Waals surface area contributed by atoms with Gasteiger partial charge in [0.2, 0.25) is 0 Å². The molecule has 3 heteroatoms. The lowest BCUT2D eigenvalue weighted by Crippen LogP contribution is -2.29. The lowest BCUT2D eigenvalue weighted by Gasteiger charge is -2.26. The summed E-state index contributed by atoms with van der Waals surface area (Å²) < 4.78 is 0. The van der Waals surface area contributed by atoms with Crippen LogP contribution in [0.1, 0.15) is 19.3 Å². The second-order valence-corrected chi connectivity index (χ2v) is 3.07. The summed E-state index contributed by atoms with van der Waals surface area (Å²) in [5, 5.41) is 9.15. The van der Waals surface area contributed by atoms with Gasteiger partial charge in [0.05, 0.1) is 6.10 Å². The summed E-state index contributed by atoms with van der Waals surface area (Å²) in [6.45, 7) is 0. The van der Waals surface area contributed by atoms with E-state index >= 15 is 0 Å². The van der Waals surface area contributed by atoms with E-state index in [-0.39, 0.29) is 17.9 Å². The first-order chi connectivity index (χ1) is 5.27. The third kappa shape index (κ3) is 1.87. The Bertz CT molecular complexity index is 155.